The molecule has 1 saturated heterocycles. The third-order valence-corrected chi connectivity index (χ3v) is 11.0. The molecule has 7 unspecified atom stereocenters. The third kappa shape index (κ3) is 10.4. The number of rotatable bonds is 13. The quantitative estimate of drug-likeness (QED) is 0.180. The largest absolute Gasteiger partial charge is 0.501 e. The number of ether oxygens (including phenoxy) is 2. The van der Waals surface area contributed by atoms with Gasteiger partial charge in [-0.1, -0.05) is 57.9 Å². The molecule has 0 spiro atoms. The molecule has 6 nitrogen and oxygen atoms in total. The Hall–Kier alpha value is -1.18. The van der Waals surface area contributed by atoms with E-state index in [-0.39, 0.29) is 6.10 Å². The summed E-state index contributed by atoms with van der Waals surface area (Å²) in [5.74, 6) is 4.23. The lowest BCUT2D eigenvalue weighted by molar-refractivity contribution is -0.171. The van der Waals surface area contributed by atoms with Crippen molar-refractivity contribution in [3.05, 3.63) is 35.1 Å². The Bertz CT molecular complexity index is 917. The molecule has 6 heteroatoms. The summed E-state index contributed by atoms with van der Waals surface area (Å²) in [6, 6.07) is 0. The fraction of sp³-hybridized carbons (Fsp3) is 0.838. The van der Waals surface area contributed by atoms with Crippen molar-refractivity contribution < 1.29 is 14.6 Å². The van der Waals surface area contributed by atoms with Crippen molar-refractivity contribution in [3.63, 3.8) is 0 Å². The Labute approximate surface area is 264 Å². The van der Waals surface area contributed by atoms with E-state index in [0.29, 0.717) is 30.2 Å². The van der Waals surface area contributed by atoms with Crippen LogP contribution >= 0.6 is 0 Å². The van der Waals surface area contributed by atoms with Crippen molar-refractivity contribution in [1.82, 2.24) is 15.1 Å². The van der Waals surface area contributed by atoms with Crippen LogP contribution in [0.1, 0.15) is 98.3 Å². The van der Waals surface area contributed by atoms with Crippen LogP contribution in [0.4, 0.5) is 0 Å². The zero-order chi connectivity index (χ0) is 30.6. The smallest absolute Gasteiger partial charge is 0.167 e. The molecule has 4 rings (SSSR count). The summed E-state index contributed by atoms with van der Waals surface area (Å²) in [4.78, 5) is 5.02. The van der Waals surface area contributed by atoms with Gasteiger partial charge >= 0.3 is 0 Å². The van der Waals surface area contributed by atoms with Gasteiger partial charge in [-0.25, -0.2) is 0 Å². The molecular weight excluding hydrogens is 534 g/mol. The van der Waals surface area contributed by atoms with Gasteiger partial charge in [-0.05, 0) is 93.5 Å². The second-order valence-electron chi connectivity index (χ2n) is 14.1. The van der Waals surface area contributed by atoms with E-state index in [4.69, 9.17) is 9.47 Å². The molecule has 0 aromatic heterocycles. The number of aliphatic hydroxyl groups excluding tert-OH is 1. The van der Waals surface area contributed by atoms with Crippen LogP contribution in [-0.2, 0) is 9.47 Å². The average Bonchev–Trinajstić information content (AvgIpc) is 3.45. The Balaban J connectivity index is 1.31. The predicted octanol–water partition coefficient (Wildman–Crippen LogP) is 6.77. The van der Waals surface area contributed by atoms with Crippen LogP contribution in [0.15, 0.2) is 35.1 Å². The molecule has 7 atom stereocenters. The second kappa shape index (κ2) is 18.1. The van der Waals surface area contributed by atoms with Gasteiger partial charge in [0.15, 0.2) is 6.29 Å². The molecule has 0 amide bonds. The zero-order valence-electron chi connectivity index (χ0n) is 28.4. The molecule has 0 radical (unpaired) electrons. The maximum absolute atomic E-state index is 11.2. The first-order chi connectivity index (χ1) is 20.9. The molecule has 0 bridgehead atoms. The predicted molar refractivity (Wildman–Crippen MR) is 179 cm³/mol. The van der Waals surface area contributed by atoms with Gasteiger partial charge in [0.2, 0.25) is 0 Å². The third-order valence-electron chi connectivity index (χ3n) is 11.0. The maximum atomic E-state index is 11.2. The molecule has 3 aliphatic carbocycles. The molecule has 246 valence electrons. The Morgan fingerprint density at radius 3 is 2.47 bits per heavy atom. The van der Waals surface area contributed by atoms with Gasteiger partial charge in [-0.15, -0.1) is 0 Å². The number of allylic oxidation sites excluding steroid dienone is 5. The van der Waals surface area contributed by atoms with Crippen molar-refractivity contribution >= 4 is 0 Å². The minimum atomic E-state index is -0.729. The van der Waals surface area contributed by atoms with Gasteiger partial charge < -0.3 is 19.9 Å². The molecule has 0 aromatic rings. The van der Waals surface area contributed by atoms with Gasteiger partial charge in [0.05, 0.1) is 19.0 Å². The van der Waals surface area contributed by atoms with Crippen molar-refractivity contribution in [2.24, 2.45) is 29.6 Å². The molecule has 1 heterocycles. The summed E-state index contributed by atoms with van der Waals surface area (Å²) in [5.41, 5.74) is 3.13. The van der Waals surface area contributed by atoms with Crippen LogP contribution in [0.3, 0.4) is 0 Å². The molecule has 2 fully saturated rings. The highest BCUT2D eigenvalue weighted by Crippen LogP contribution is 2.40. The number of hydrogen-bond acceptors (Lipinski definition) is 6. The van der Waals surface area contributed by atoms with E-state index in [2.05, 4.69) is 61.0 Å². The molecule has 0 aromatic carbocycles. The molecule has 4 aliphatic rings. The molecule has 1 aliphatic heterocycles. The highest BCUT2D eigenvalue weighted by molar-refractivity contribution is 5.18. The fourth-order valence-electron chi connectivity index (χ4n) is 8.27. The van der Waals surface area contributed by atoms with E-state index in [1.165, 1.54) is 56.3 Å². The number of aliphatic hydroxyl groups is 1. The molecule has 2 N–H and O–H groups in total. The number of nitrogens with one attached hydrogen (secondary N) is 1. The number of hydrogen-bond donors (Lipinski definition) is 2. The van der Waals surface area contributed by atoms with Crippen LogP contribution in [0.25, 0.3) is 0 Å². The first-order valence-electron chi connectivity index (χ1n) is 18.1. The minimum absolute atomic E-state index is 0.141. The minimum Gasteiger partial charge on any atom is -0.501 e. The summed E-state index contributed by atoms with van der Waals surface area (Å²) in [6.07, 6.45) is 19.9. The lowest BCUT2D eigenvalue weighted by Gasteiger charge is -2.37. The number of methoxy groups -OCH3 is 1. The lowest BCUT2D eigenvalue weighted by atomic mass is 9.75. The van der Waals surface area contributed by atoms with E-state index in [1.807, 2.05) is 7.11 Å². The number of nitrogens with zero attached hydrogens (tertiary/aromatic N) is 2. The summed E-state index contributed by atoms with van der Waals surface area (Å²) in [5, 5.41) is 14.9. The van der Waals surface area contributed by atoms with E-state index in [0.717, 1.165) is 77.4 Å². The van der Waals surface area contributed by atoms with Crippen molar-refractivity contribution in [2.75, 3.05) is 59.5 Å². The zero-order valence-corrected chi connectivity index (χ0v) is 28.4. The normalized spacial score (nSPS) is 32.8. The summed E-state index contributed by atoms with van der Waals surface area (Å²) in [7, 11) is 1.85. The number of β-amino-alcohol motifs (C(OH)–C–C–N with tert-alkyl or cyclic N) is 1. The van der Waals surface area contributed by atoms with Crippen LogP contribution in [0, 0.1) is 29.6 Å². The van der Waals surface area contributed by atoms with Gasteiger partial charge in [0, 0.05) is 58.3 Å². The standard InChI is InChI=1S/C37H65N3O3/c1-6-10-33-16-15-29(13-14-30-23-31(7-2)37(42-5)32(8-3)24-30)25-35(33)43-36(41)27-40-20-18-38-17-19-39(21-22-40)26-34-12-9-11-28(34)4/h12-14,28-31,33,35-36,38,41H,6-11,15-27H2,1-5H3/b14-13-. The monoisotopic (exact) mass is 600 g/mol. The highest BCUT2D eigenvalue weighted by Gasteiger charge is 2.33. The van der Waals surface area contributed by atoms with Crippen molar-refractivity contribution in [3.8, 4) is 0 Å². The van der Waals surface area contributed by atoms with Crippen LogP contribution in [0.5, 0.6) is 0 Å². The molecular formula is C37H65N3O3. The topological polar surface area (TPSA) is 57.2 Å². The average molecular weight is 600 g/mol. The Kier molecular flexibility index (Phi) is 14.6. The maximum Gasteiger partial charge on any atom is 0.167 e. The first-order valence-corrected chi connectivity index (χ1v) is 18.1. The first kappa shape index (κ1) is 34.7. The highest BCUT2D eigenvalue weighted by atomic mass is 16.6. The summed E-state index contributed by atoms with van der Waals surface area (Å²) in [6.45, 7) is 17.0. The molecule has 1 saturated carbocycles. The van der Waals surface area contributed by atoms with Crippen LogP contribution in [-0.4, -0.2) is 86.8 Å². The van der Waals surface area contributed by atoms with E-state index < -0.39 is 6.29 Å². The summed E-state index contributed by atoms with van der Waals surface area (Å²) >= 11 is 0. The van der Waals surface area contributed by atoms with Gasteiger partial charge in [-0.3, -0.25) is 9.80 Å². The van der Waals surface area contributed by atoms with Crippen LogP contribution in [0.2, 0.25) is 0 Å². The van der Waals surface area contributed by atoms with Gasteiger partial charge in [-0.2, -0.15) is 0 Å². The van der Waals surface area contributed by atoms with Crippen molar-refractivity contribution in [2.45, 2.75) is 111 Å². The SMILES string of the molecule is CCCC1CCC(/C=C\C2CC(CC)=C(OC)C(CC)C2)CC1OC(O)CN1CCNCCN(CC2=CCCC2C)CC1. The van der Waals surface area contributed by atoms with Crippen molar-refractivity contribution in [1.29, 1.82) is 0 Å². The summed E-state index contributed by atoms with van der Waals surface area (Å²) < 4.78 is 12.4. The van der Waals surface area contributed by atoms with Gasteiger partial charge in [0.25, 0.3) is 0 Å². The van der Waals surface area contributed by atoms with Gasteiger partial charge in [0.1, 0.15) is 0 Å². The second-order valence-corrected chi connectivity index (χ2v) is 14.1. The van der Waals surface area contributed by atoms with E-state index in [9.17, 15) is 5.11 Å². The van der Waals surface area contributed by atoms with E-state index >= 15 is 0 Å². The lowest BCUT2D eigenvalue weighted by Crippen LogP contribution is -2.43. The Morgan fingerprint density at radius 1 is 1.00 bits per heavy atom. The Morgan fingerprint density at radius 2 is 1.77 bits per heavy atom. The fourth-order valence-corrected chi connectivity index (χ4v) is 8.27. The van der Waals surface area contributed by atoms with E-state index in [1.54, 1.807) is 5.57 Å². The molecule has 43 heavy (non-hydrogen) atoms. The van der Waals surface area contributed by atoms with Crippen LogP contribution < -0.4 is 5.32 Å².